The van der Waals surface area contributed by atoms with E-state index in [1.54, 1.807) is 12.1 Å². The van der Waals surface area contributed by atoms with Gasteiger partial charge in [0.2, 0.25) is 5.91 Å². The number of nitrogens with one attached hydrogen (secondary N) is 1. The summed E-state index contributed by atoms with van der Waals surface area (Å²) >= 11 is 3.28. The third kappa shape index (κ3) is 4.13. The van der Waals surface area contributed by atoms with E-state index in [-0.39, 0.29) is 30.3 Å². The predicted molar refractivity (Wildman–Crippen MR) is 118 cm³/mol. The zero-order chi connectivity index (χ0) is 22.3. The molecule has 2 amide bonds. The van der Waals surface area contributed by atoms with Crippen LogP contribution in [0.4, 0.5) is 5.69 Å². The summed E-state index contributed by atoms with van der Waals surface area (Å²) in [5.41, 5.74) is 6.38. The van der Waals surface area contributed by atoms with Gasteiger partial charge in [-0.1, -0.05) is 54.0 Å². The predicted octanol–water partition coefficient (Wildman–Crippen LogP) is 2.07. The summed E-state index contributed by atoms with van der Waals surface area (Å²) in [5, 5.41) is 8.05. The van der Waals surface area contributed by atoms with E-state index < -0.39 is 27.4 Å². The van der Waals surface area contributed by atoms with Crippen molar-refractivity contribution in [1.82, 2.24) is 4.31 Å². The monoisotopic (exact) mass is 494 g/mol. The molecule has 1 saturated heterocycles. The van der Waals surface area contributed by atoms with E-state index in [1.165, 1.54) is 6.07 Å². The lowest BCUT2D eigenvalue weighted by Crippen LogP contribution is -2.67. The molecule has 10 heteroatoms. The van der Waals surface area contributed by atoms with E-state index in [9.17, 15) is 18.0 Å². The Hall–Kier alpha value is -2.27. The van der Waals surface area contributed by atoms with Gasteiger partial charge in [0.25, 0.3) is 16.1 Å². The molecule has 2 aromatic carbocycles. The van der Waals surface area contributed by atoms with Gasteiger partial charge < -0.3 is 11.1 Å². The number of amides is 2. The number of halogens is 1. The average molecular weight is 495 g/mol. The Balaban J connectivity index is 2.06. The lowest BCUT2D eigenvalue weighted by molar-refractivity contribution is -0.125. The Kier molecular flexibility index (Phi) is 6.06. The summed E-state index contributed by atoms with van der Waals surface area (Å²) in [4.78, 5) is 25.3. The Morgan fingerprint density at radius 3 is 2.37 bits per heavy atom. The van der Waals surface area contributed by atoms with Gasteiger partial charge >= 0.3 is 0 Å². The first-order chi connectivity index (χ1) is 14.0. The maximum atomic E-state index is 13.5. The van der Waals surface area contributed by atoms with Crippen LogP contribution in [0.3, 0.4) is 0 Å². The largest absolute Gasteiger partial charge is 0.366 e. The number of carbonyl (C=O) groups is 2. The molecule has 0 radical (unpaired) electrons. The number of rotatable bonds is 6. The molecule has 1 heterocycles. The molecule has 160 valence electrons. The molecule has 1 aliphatic heterocycles. The van der Waals surface area contributed by atoms with Gasteiger partial charge in [0.1, 0.15) is 5.41 Å². The van der Waals surface area contributed by atoms with Crippen molar-refractivity contribution in [3.8, 4) is 0 Å². The first kappa shape index (κ1) is 22.4. The molecule has 8 nitrogen and oxygen atoms in total. The van der Waals surface area contributed by atoms with Crippen molar-refractivity contribution in [3.63, 3.8) is 0 Å². The standard InChI is InChI=1S/C20H23BrN4O4S/c1-12(2)14-5-3-4-6-16(14)20(10-25(11-20)30(23,28)29)19(27)24-17-8-7-13(21)9-15(17)18(22)26/h3-9,12H,10-11H2,1-2H3,(H2,22,26)(H,24,27)(H2,23,28,29). The summed E-state index contributed by atoms with van der Waals surface area (Å²) in [5.74, 6) is -1.01. The number of carbonyl (C=O) groups excluding carboxylic acids is 2. The maximum Gasteiger partial charge on any atom is 0.276 e. The fourth-order valence-corrected chi connectivity index (χ4v) is 4.84. The second-order valence-electron chi connectivity index (χ2n) is 7.65. The number of primary amides is 1. The smallest absolute Gasteiger partial charge is 0.276 e. The lowest BCUT2D eigenvalue weighted by Gasteiger charge is -2.48. The minimum absolute atomic E-state index is 0.0934. The first-order valence-electron chi connectivity index (χ1n) is 9.24. The summed E-state index contributed by atoms with van der Waals surface area (Å²) < 4.78 is 25.3. The first-order valence-corrected chi connectivity index (χ1v) is 11.5. The molecule has 0 aromatic heterocycles. The van der Waals surface area contributed by atoms with Gasteiger partial charge in [-0.3, -0.25) is 9.59 Å². The molecule has 1 aliphatic rings. The molecular formula is C20H23BrN4O4S. The van der Waals surface area contributed by atoms with E-state index in [0.29, 0.717) is 4.47 Å². The zero-order valence-corrected chi connectivity index (χ0v) is 19.0. The highest BCUT2D eigenvalue weighted by Crippen LogP contribution is 2.40. The van der Waals surface area contributed by atoms with Gasteiger partial charge in [0, 0.05) is 17.6 Å². The van der Waals surface area contributed by atoms with Gasteiger partial charge in [-0.05, 0) is 35.2 Å². The summed E-state index contributed by atoms with van der Waals surface area (Å²) in [7, 11) is -3.94. The zero-order valence-electron chi connectivity index (χ0n) is 16.6. The SMILES string of the molecule is CC(C)c1ccccc1C1(C(=O)Nc2ccc(Br)cc2C(N)=O)CN(S(N)(=O)=O)C1. The Morgan fingerprint density at radius 1 is 1.17 bits per heavy atom. The maximum absolute atomic E-state index is 13.5. The fourth-order valence-electron chi connectivity index (χ4n) is 3.68. The van der Waals surface area contributed by atoms with E-state index in [1.807, 2.05) is 38.1 Å². The molecule has 0 atom stereocenters. The van der Waals surface area contributed by atoms with Gasteiger partial charge in [0.15, 0.2) is 0 Å². The van der Waals surface area contributed by atoms with Crippen molar-refractivity contribution in [3.05, 3.63) is 63.6 Å². The van der Waals surface area contributed by atoms with Crippen LogP contribution in [0.2, 0.25) is 0 Å². The van der Waals surface area contributed by atoms with Crippen molar-refractivity contribution >= 4 is 43.6 Å². The molecule has 1 fully saturated rings. The van der Waals surface area contributed by atoms with Crippen LogP contribution in [0.15, 0.2) is 46.9 Å². The van der Waals surface area contributed by atoms with Crippen LogP contribution in [-0.2, 0) is 20.4 Å². The van der Waals surface area contributed by atoms with Crippen molar-refractivity contribution in [1.29, 1.82) is 0 Å². The van der Waals surface area contributed by atoms with Gasteiger partial charge in [-0.15, -0.1) is 0 Å². The van der Waals surface area contributed by atoms with Gasteiger partial charge in [-0.25, -0.2) is 5.14 Å². The number of anilines is 1. The lowest BCUT2D eigenvalue weighted by atomic mass is 9.71. The minimum atomic E-state index is -3.94. The van der Waals surface area contributed by atoms with E-state index in [0.717, 1.165) is 15.4 Å². The molecule has 5 N–H and O–H groups in total. The van der Waals surface area contributed by atoms with Crippen molar-refractivity contribution in [2.75, 3.05) is 18.4 Å². The number of benzene rings is 2. The van der Waals surface area contributed by atoms with Crippen LogP contribution in [0.5, 0.6) is 0 Å². The Bertz CT molecular complexity index is 1110. The van der Waals surface area contributed by atoms with Crippen LogP contribution in [-0.4, -0.2) is 37.6 Å². The number of nitrogens with two attached hydrogens (primary N) is 2. The number of hydrogen-bond donors (Lipinski definition) is 3. The van der Waals surface area contributed by atoms with Crippen LogP contribution in [0, 0.1) is 0 Å². The second kappa shape index (κ2) is 8.10. The molecular weight excluding hydrogens is 472 g/mol. The molecule has 0 spiro atoms. The third-order valence-electron chi connectivity index (χ3n) is 5.28. The number of hydrogen-bond acceptors (Lipinski definition) is 4. The highest BCUT2D eigenvalue weighted by molar-refractivity contribution is 9.10. The van der Waals surface area contributed by atoms with Crippen LogP contribution in [0.25, 0.3) is 0 Å². The summed E-state index contributed by atoms with van der Waals surface area (Å²) in [6.45, 7) is 3.81. The number of nitrogens with zero attached hydrogens (tertiary/aromatic N) is 1. The second-order valence-corrected chi connectivity index (χ2v) is 10.1. The molecule has 3 rings (SSSR count). The van der Waals surface area contributed by atoms with Crippen molar-refractivity contribution < 1.29 is 18.0 Å². The summed E-state index contributed by atoms with van der Waals surface area (Å²) in [6, 6.07) is 12.2. The van der Waals surface area contributed by atoms with Crippen molar-refractivity contribution in [2.45, 2.75) is 25.2 Å². The minimum Gasteiger partial charge on any atom is -0.366 e. The van der Waals surface area contributed by atoms with Crippen LogP contribution in [0.1, 0.15) is 41.3 Å². The van der Waals surface area contributed by atoms with E-state index in [4.69, 9.17) is 10.9 Å². The van der Waals surface area contributed by atoms with Gasteiger partial charge in [0.05, 0.1) is 11.3 Å². The molecule has 0 saturated carbocycles. The van der Waals surface area contributed by atoms with Crippen LogP contribution < -0.4 is 16.2 Å². The van der Waals surface area contributed by atoms with Crippen molar-refractivity contribution in [2.24, 2.45) is 10.9 Å². The van der Waals surface area contributed by atoms with E-state index >= 15 is 0 Å². The molecule has 30 heavy (non-hydrogen) atoms. The quantitative estimate of drug-likeness (QED) is 0.565. The third-order valence-corrected chi connectivity index (χ3v) is 6.75. The average Bonchev–Trinajstić information content (AvgIpc) is 2.61. The molecule has 0 aliphatic carbocycles. The Labute approximate surface area is 183 Å². The highest BCUT2D eigenvalue weighted by Gasteiger charge is 2.54. The molecule has 0 unspecified atom stereocenters. The normalized spacial score (nSPS) is 16.2. The topological polar surface area (TPSA) is 136 Å². The highest BCUT2D eigenvalue weighted by atomic mass is 79.9. The van der Waals surface area contributed by atoms with Gasteiger partial charge in [-0.2, -0.15) is 12.7 Å². The molecule has 2 aromatic rings. The summed E-state index contributed by atoms with van der Waals surface area (Å²) in [6.07, 6.45) is 0. The van der Waals surface area contributed by atoms with Crippen LogP contribution >= 0.6 is 15.9 Å². The Morgan fingerprint density at radius 2 is 1.80 bits per heavy atom. The molecule has 0 bridgehead atoms. The van der Waals surface area contributed by atoms with E-state index in [2.05, 4.69) is 21.2 Å². The fraction of sp³-hybridized carbons (Fsp3) is 0.300.